The van der Waals surface area contributed by atoms with Crippen molar-refractivity contribution in [2.75, 3.05) is 0 Å². The summed E-state index contributed by atoms with van der Waals surface area (Å²) in [5, 5.41) is 0. The molecule has 0 N–H and O–H groups in total. The summed E-state index contributed by atoms with van der Waals surface area (Å²) in [5.41, 5.74) is 2.28. The largest absolute Gasteiger partial charge is 0.425 e. The van der Waals surface area contributed by atoms with Crippen molar-refractivity contribution >= 4 is 16.9 Å². The molecular weight excluding hydrogens is 408 g/mol. The zero-order chi connectivity index (χ0) is 23.0. The van der Waals surface area contributed by atoms with E-state index in [9.17, 15) is 14.4 Å². The summed E-state index contributed by atoms with van der Waals surface area (Å²) in [7, 11) is 3.02. The molecule has 0 aliphatic heterocycles. The first kappa shape index (κ1) is 21.3. The van der Waals surface area contributed by atoms with Crippen LogP contribution >= 0.6 is 0 Å². The molecule has 0 atom stereocenters. The molecule has 4 rings (SSSR count). The number of ether oxygens (including phenoxy) is 1. The van der Waals surface area contributed by atoms with Gasteiger partial charge in [0, 0.05) is 26.1 Å². The second-order valence-electron chi connectivity index (χ2n) is 7.75. The Morgan fingerprint density at radius 1 is 1.03 bits per heavy atom. The Hall–Kier alpha value is -3.94. The van der Waals surface area contributed by atoms with Crippen LogP contribution in [0.2, 0.25) is 0 Å². The first-order valence-electron chi connectivity index (χ1n) is 10.3. The van der Waals surface area contributed by atoms with Crippen molar-refractivity contribution in [1.82, 2.24) is 18.7 Å². The van der Waals surface area contributed by atoms with E-state index >= 15 is 0 Å². The number of fused-ring (bicyclic) bond motifs is 1. The number of rotatable bonds is 6. The van der Waals surface area contributed by atoms with Crippen LogP contribution in [0.3, 0.4) is 0 Å². The quantitative estimate of drug-likeness (QED) is 0.437. The van der Waals surface area contributed by atoms with Crippen molar-refractivity contribution in [3.05, 3.63) is 86.1 Å². The molecule has 2 aromatic heterocycles. The number of aryl methyl sites for hydroxylation is 2. The molecule has 0 spiro atoms. The molecule has 0 saturated carbocycles. The highest BCUT2D eigenvalue weighted by Gasteiger charge is 2.21. The third kappa shape index (κ3) is 3.75. The molecule has 4 aromatic rings. The van der Waals surface area contributed by atoms with Gasteiger partial charge in [-0.1, -0.05) is 36.8 Å². The molecule has 2 aromatic carbocycles. The fourth-order valence-corrected chi connectivity index (χ4v) is 3.66. The highest BCUT2D eigenvalue weighted by Crippen LogP contribution is 2.26. The summed E-state index contributed by atoms with van der Waals surface area (Å²) >= 11 is 0. The van der Waals surface area contributed by atoms with E-state index in [1.165, 1.54) is 11.6 Å². The lowest BCUT2D eigenvalue weighted by Gasteiger charge is -2.11. The maximum Gasteiger partial charge on any atom is 0.332 e. The zero-order valence-electron chi connectivity index (χ0n) is 18.5. The fraction of sp³-hybridized carbons (Fsp3) is 0.250. The molecule has 0 radical (unpaired) electrons. The average molecular weight is 432 g/mol. The molecule has 2 heterocycles. The third-order valence-corrected chi connectivity index (χ3v) is 5.44. The van der Waals surface area contributed by atoms with Crippen molar-refractivity contribution in [2.24, 2.45) is 14.1 Å². The van der Waals surface area contributed by atoms with Gasteiger partial charge in [-0.3, -0.25) is 23.3 Å². The Bertz CT molecular complexity index is 1440. The highest BCUT2D eigenvalue weighted by molar-refractivity contribution is 5.95. The minimum absolute atomic E-state index is 0.0433. The van der Waals surface area contributed by atoms with Crippen molar-refractivity contribution in [3.63, 3.8) is 0 Å². The number of imidazole rings is 1. The van der Waals surface area contributed by atoms with E-state index in [0.717, 1.165) is 15.7 Å². The van der Waals surface area contributed by atoms with Gasteiger partial charge in [0.15, 0.2) is 16.9 Å². The van der Waals surface area contributed by atoms with Gasteiger partial charge in [0.05, 0.1) is 6.54 Å². The maximum absolute atomic E-state index is 13.0. The van der Waals surface area contributed by atoms with Gasteiger partial charge in [0.1, 0.15) is 5.75 Å². The van der Waals surface area contributed by atoms with Crippen LogP contribution in [-0.4, -0.2) is 24.5 Å². The van der Waals surface area contributed by atoms with Gasteiger partial charge in [-0.2, -0.15) is 4.98 Å². The Morgan fingerprint density at radius 3 is 2.41 bits per heavy atom. The van der Waals surface area contributed by atoms with Gasteiger partial charge >= 0.3 is 11.7 Å². The lowest BCUT2D eigenvalue weighted by molar-refractivity contribution is 0.0988. The van der Waals surface area contributed by atoms with Gasteiger partial charge < -0.3 is 4.74 Å². The number of nitrogens with zero attached hydrogens (tertiary/aromatic N) is 4. The minimum Gasteiger partial charge on any atom is -0.425 e. The number of carbonyl (C=O) groups is 1. The van der Waals surface area contributed by atoms with E-state index < -0.39 is 11.2 Å². The SMILES string of the molecule is CCC(=O)c1ccc(Oc2nc3c(c(=O)n(C)c(=O)n3C)n2Cc2cccc(C)c2)cc1. The molecule has 0 bridgehead atoms. The number of aromatic nitrogens is 4. The summed E-state index contributed by atoms with van der Waals surface area (Å²) in [5.74, 6) is 0.516. The van der Waals surface area contributed by atoms with Crippen LogP contribution in [0.1, 0.15) is 34.8 Å². The Kier molecular flexibility index (Phi) is 5.52. The second kappa shape index (κ2) is 8.30. The number of benzene rings is 2. The van der Waals surface area contributed by atoms with Crippen LogP contribution in [0.5, 0.6) is 11.8 Å². The lowest BCUT2D eigenvalue weighted by atomic mass is 10.1. The maximum atomic E-state index is 13.0. The summed E-state index contributed by atoms with van der Waals surface area (Å²) in [6.45, 7) is 4.15. The molecule has 0 amide bonds. The van der Waals surface area contributed by atoms with Crippen LogP contribution in [-0.2, 0) is 20.6 Å². The summed E-state index contributed by atoms with van der Waals surface area (Å²) in [6, 6.07) is 14.9. The van der Waals surface area contributed by atoms with E-state index in [4.69, 9.17) is 4.74 Å². The highest BCUT2D eigenvalue weighted by atomic mass is 16.5. The lowest BCUT2D eigenvalue weighted by Crippen LogP contribution is -2.37. The second-order valence-corrected chi connectivity index (χ2v) is 7.75. The van der Waals surface area contributed by atoms with Gasteiger partial charge in [-0.15, -0.1) is 0 Å². The Balaban J connectivity index is 1.86. The van der Waals surface area contributed by atoms with Gasteiger partial charge in [0.2, 0.25) is 0 Å². The monoisotopic (exact) mass is 432 g/mol. The Labute approximate surface area is 184 Å². The van der Waals surface area contributed by atoms with Crippen molar-refractivity contribution in [1.29, 1.82) is 0 Å². The average Bonchev–Trinajstić information content (AvgIpc) is 3.14. The predicted octanol–water partition coefficient (Wildman–Crippen LogP) is 3.18. The van der Waals surface area contributed by atoms with Crippen LogP contribution in [0.15, 0.2) is 58.1 Å². The molecule has 0 unspecified atom stereocenters. The minimum atomic E-state index is -0.461. The smallest absolute Gasteiger partial charge is 0.332 e. The van der Waals surface area contributed by atoms with Crippen molar-refractivity contribution in [2.45, 2.75) is 26.8 Å². The summed E-state index contributed by atoms with van der Waals surface area (Å²) in [4.78, 5) is 41.8. The van der Waals surface area contributed by atoms with Crippen molar-refractivity contribution in [3.8, 4) is 11.8 Å². The first-order chi connectivity index (χ1) is 15.3. The fourth-order valence-electron chi connectivity index (χ4n) is 3.66. The normalized spacial score (nSPS) is 11.1. The number of hydrogen-bond acceptors (Lipinski definition) is 5. The van der Waals surface area contributed by atoms with Crippen LogP contribution in [0.4, 0.5) is 0 Å². The molecule has 0 saturated heterocycles. The van der Waals surface area contributed by atoms with Gasteiger partial charge in [-0.05, 0) is 36.8 Å². The van der Waals surface area contributed by atoms with Gasteiger partial charge in [-0.25, -0.2) is 4.79 Å². The van der Waals surface area contributed by atoms with E-state index in [-0.39, 0.29) is 23.0 Å². The number of hydrogen-bond donors (Lipinski definition) is 0. The number of carbonyl (C=O) groups excluding carboxylic acids is 1. The molecule has 0 fully saturated rings. The van der Waals surface area contributed by atoms with E-state index in [0.29, 0.717) is 24.3 Å². The Morgan fingerprint density at radius 2 is 1.75 bits per heavy atom. The summed E-state index contributed by atoms with van der Waals surface area (Å²) in [6.07, 6.45) is 0.420. The molecule has 32 heavy (non-hydrogen) atoms. The molecule has 8 heteroatoms. The number of Topliss-reactive ketones (excluding diaryl/α,β-unsaturated/α-hetero) is 1. The summed E-state index contributed by atoms with van der Waals surface area (Å²) < 4.78 is 10.1. The van der Waals surface area contributed by atoms with Crippen LogP contribution in [0, 0.1) is 6.92 Å². The number of ketones is 1. The van der Waals surface area contributed by atoms with Crippen LogP contribution in [0.25, 0.3) is 11.2 Å². The van der Waals surface area contributed by atoms with E-state index in [1.54, 1.807) is 35.9 Å². The molecule has 8 nitrogen and oxygen atoms in total. The zero-order valence-corrected chi connectivity index (χ0v) is 18.5. The predicted molar refractivity (Wildman–Crippen MR) is 122 cm³/mol. The third-order valence-electron chi connectivity index (χ3n) is 5.44. The topological polar surface area (TPSA) is 88.1 Å². The van der Waals surface area contributed by atoms with Crippen molar-refractivity contribution < 1.29 is 9.53 Å². The van der Waals surface area contributed by atoms with Crippen LogP contribution < -0.4 is 16.0 Å². The first-order valence-corrected chi connectivity index (χ1v) is 10.3. The van der Waals surface area contributed by atoms with E-state index in [2.05, 4.69) is 4.98 Å². The molecule has 0 aliphatic rings. The molecule has 164 valence electrons. The molecule has 0 aliphatic carbocycles. The molecular formula is C24H24N4O4. The van der Waals surface area contributed by atoms with E-state index in [1.807, 2.05) is 38.1 Å². The van der Waals surface area contributed by atoms with Gasteiger partial charge in [0.25, 0.3) is 5.56 Å². The standard InChI is InChI=1S/C24H24N4O4/c1-5-19(29)17-9-11-18(12-10-17)32-23-25-21-20(22(30)27(4)24(31)26(21)3)28(23)14-16-8-6-7-15(2)13-16/h6-13H,5,14H2,1-4H3.